The number of ether oxygens (including phenoxy) is 2. The van der Waals surface area contributed by atoms with Crippen LogP contribution in [0.4, 0.5) is 28.9 Å². The number of benzene rings is 2. The fraction of sp³-hybridized carbons (Fsp3) is 0.269. The Morgan fingerprint density at radius 1 is 1.13 bits per heavy atom. The van der Waals surface area contributed by atoms with Crippen molar-refractivity contribution in [3.63, 3.8) is 0 Å². The van der Waals surface area contributed by atoms with Crippen molar-refractivity contribution in [3.8, 4) is 11.4 Å². The monoisotopic (exact) mass is 545 g/mol. The van der Waals surface area contributed by atoms with Crippen LogP contribution in [0.2, 0.25) is 0 Å². The van der Waals surface area contributed by atoms with Crippen LogP contribution in [0.3, 0.4) is 0 Å². The van der Waals surface area contributed by atoms with E-state index in [1.165, 1.54) is 16.9 Å². The molecule has 204 valence electrons. The number of morpholine rings is 1. The molecule has 1 amide bonds. The van der Waals surface area contributed by atoms with Gasteiger partial charge in [0.15, 0.2) is 6.61 Å². The summed E-state index contributed by atoms with van der Waals surface area (Å²) in [6.45, 7) is 2.72. The lowest BCUT2D eigenvalue weighted by Gasteiger charge is -2.28. The summed E-state index contributed by atoms with van der Waals surface area (Å²) >= 11 is 0. The minimum Gasteiger partial charge on any atom is -0.482 e. The molecule has 0 unspecified atom stereocenters. The smallest absolute Gasteiger partial charge is 0.422 e. The highest BCUT2D eigenvalue weighted by molar-refractivity contribution is 6.08. The van der Waals surface area contributed by atoms with E-state index in [0.29, 0.717) is 24.6 Å². The van der Waals surface area contributed by atoms with Crippen LogP contribution < -0.4 is 20.5 Å². The van der Waals surface area contributed by atoms with Crippen molar-refractivity contribution in [2.24, 2.45) is 0 Å². The number of aromatic nitrogens is 3. The summed E-state index contributed by atoms with van der Waals surface area (Å²) < 4.78 is 64.6. The van der Waals surface area contributed by atoms with Gasteiger partial charge in [-0.05, 0) is 43.3 Å². The van der Waals surface area contributed by atoms with Crippen LogP contribution in [-0.2, 0) is 4.74 Å². The van der Waals surface area contributed by atoms with E-state index in [1.54, 1.807) is 19.1 Å². The standard InChI is InChI=1S/C26H23F4N5O4/c1-16-14-34(21-7-2-17(27)12-22(21)39-15-26(28,29)30)25(37)23-20(13-31-35(16)23)24(36)32-18-3-5-19(6-4-18)33-8-10-38-11-9-33/h2-7,12-14H,8-11,15H2,1H3,(H,32,36). The van der Waals surface area contributed by atoms with Crippen molar-refractivity contribution in [3.05, 3.63) is 82.3 Å². The molecule has 9 nitrogen and oxygen atoms in total. The quantitative estimate of drug-likeness (QED) is 0.369. The summed E-state index contributed by atoms with van der Waals surface area (Å²) in [5.74, 6) is -1.93. The first-order chi connectivity index (χ1) is 18.6. The number of anilines is 2. The molecule has 1 saturated heterocycles. The Kier molecular flexibility index (Phi) is 7.00. The minimum atomic E-state index is -4.68. The number of amides is 1. The number of rotatable bonds is 6. The van der Waals surface area contributed by atoms with Gasteiger partial charge in [0.2, 0.25) is 0 Å². The molecule has 4 aromatic rings. The Morgan fingerprint density at radius 2 is 1.85 bits per heavy atom. The second-order valence-corrected chi connectivity index (χ2v) is 8.88. The van der Waals surface area contributed by atoms with E-state index in [4.69, 9.17) is 9.47 Å². The molecule has 2 aromatic carbocycles. The summed E-state index contributed by atoms with van der Waals surface area (Å²) in [7, 11) is 0. The lowest BCUT2D eigenvalue weighted by Crippen LogP contribution is -2.36. The van der Waals surface area contributed by atoms with E-state index >= 15 is 0 Å². The van der Waals surface area contributed by atoms with Gasteiger partial charge < -0.3 is 19.7 Å². The van der Waals surface area contributed by atoms with Crippen molar-refractivity contribution in [1.29, 1.82) is 0 Å². The molecule has 0 atom stereocenters. The van der Waals surface area contributed by atoms with Gasteiger partial charge in [0, 0.05) is 36.7 Å². The fourth-order valence-corrected chi connectivity index (χ4v) is 4.32. The average molecular weight is 545 g/mol. The number of alkyl halides is 3. The first-order valence-electron chi connectivity index (χ1n) is 11.9. The number of carbonyl (C=O) groups excluding carboxylic acids is 1. The lowest BCUT2D eigenvalue weighted by molar-refractivity contribution is -0.153. The van der Waals surface area contributed by atoms with Crippen molar-refractivity contribution in [2.75, 3.05) is 43.1 Å². The summed E-state index contributed by atoms with van der Waals surface area (Å²) in [6, 6.07) is 10.1. The molecule has 3 heterocycles. The molecule has 0 spiro atoms. The molecule has 1 N–H and O–H groups in total. The first-order valence-corrected chi connectivity index (χ1v) is 11.9. The number of fused-ring (bicyclic) bond motifs is 1. The van der Waals surface area contributed by atoms with Gasteiger partial charge in [0.05, 0.1) is 36.4 Å². The summed E-state index contributed by atoms with van der Waals surface area (Å²) in [5.41, 5.74) is 0.832. The van der Waals surface area contributed by atoms with Gasteiger partial charge in [-0.3, -0.25) is 14.2 Å². The zero-order chi connectivity index (χ0) is 27.7. The van der Waals surface area contributed by atoms with Crippen LogP contribution in [-0.4, -0.2) is 59.2 Å². The highest BCUT2D eigenvalue weighted by Crippen LogP contribution is 2.27. The van der Waals surface area contributed by atoms with Crippen molar-refractivity contribution in [1.82, 2.24) is 14.2 Å². The average Bonchev–Trinajstić information content (AvgIpc) is 3.37. The van der Waals surface area contributed by atoms with E-state index in [9.17, 15) is 27.2 Å². The molecule has 1 aliphatic rings. The van der Waals surface area contributed by atoms with Gasteiger partial charge in [0.25, 0.3) is 11.5 Å². The molecule has 1 aliphatic heterocycles. The molecule has 13 heteroatoms. The third-order valence-corrected chi connectivity index (χ3v) is 6.16. The number of nitrogens with zero attached hydrogens (tertiary/aromatic N) is 4. The highest BCUT2D eigenvalue weighted by Gasteiger charge is 2.29. The Hall–Kier alpha value is -4.39. The molecule has 0 aliphatic carbocycles. The largest absolute Gasteiger partial charge is 0.482 e. The Morgan fingerprint density at radius 3 is 2.54 bits per heavy atom. The maximum absolute atomic E-state index is 13.8. The first kappa shape index (κ1) is 26.2. The maximum atomic E-state index is 13.8. The van der Waals surface area contributed by atoms with Crippen LogP contribution in [0.1, 0.15) is 16.1 Å². The second kappa shape index (κ2) is 10.4. The van der Waals surface area contributed by atoms with Crippen LogP contribution >= 0.6 is 0 Å². The SMILES string of the molecule is Cc1cn(-c2ccc(F)cc2OCC(F)(F)F)c(=O)c2c(C(=O)Nc3ccc(N4CCOCC4)cc3)cnn12. The van der Waals surface area contributed by atoms with Gasteiger partial charge in [-0.25, -0.2) is 8.91 Å². The van der Waals surface area contributed by atoms with Gasteiger partial charge in [-0.15, -0.1) is 0 Å². The van der Waals surface area contributed by atoms with Crippen LogP contribution in [0, 0.1) is 12.7 Å². The van der Waals surface area contributed by atoms with Crippen LogP contribution in [0.5, 0.6) is 5.75 Å². The predicted octanol–water partition coefficient (Wildman–Crippen LogP) is 3.96. The van der Waals surface area contributed by atoms with Crippen molar-refractivity contribution in [2.45, 2.75) is 13.1 Å². The van der Waals surface area contributed by atoms with Gasteiger partial charge in [0.1, 0.15) is 17.1 Å². The number of hydrogen-bond donors (Lipinski definition) is 1. The van der Waals surface area contributed by atoms with E-state index in [2.05, 4.69) is 15.3 Å². The zero-order valence-corrected chi connectivity index (χ0v) is 20.7. The Labute approximate surface area is 219 Å². The van der Waals surface area contributed by atoms with Crippen molar-refractivity contribution >= 4 is 22.8 Å². The Balaban J connectivity index is 1.47. The molecule has 2 aromatic heterocycles. The van der Waals surface area contributed by atoms with Gasteiger partial charge in [-0.2, -0.15) is 18.3 Å². The van der Waals surface area contributed by atoms with Gasteiger partial charge >= 0.3 is 6.18 Å². The third kappa shape index (κ3) is 5.58. The lowest BCUT2D eigenvalue weighted by atomic mass is 10.2. The molecule has 5 rings (SSSR count). The summed E-state index contributed by atoms with van der Waals surface area (Å²) in [4.78, 5) is 28.8. The van der Waals surface area contributed by atoms with E-state index < -0.39 is 35.8 Å². The van der Waals surface area contributed by atoms with E-state index in [1.807, 2.05) is 12.1 Å². The molecule has 0 bridgehead atoms. The van der Waals surface area contributed by atoms with Crippen LogP contribution in [0.15, 0.2) is 59.7 Å². The Bertz CT molecular complexity index is 1570. The zero-order valence-electron chi connectivity index (χ0n) is 20.7. The number of halogens is 4. The summed E-state index contributed by atoms with van der Waals surface area (Å²) in [6.07, 6.45) is -2.12. The van der Waals surface area contributed by atoms with Gasteiger partial charge in [-0.1, -0.05) is 0 Å². The molecule has 1 fully saturated rings. The number of carbonyl (C=O) groups is 1. The highest BCUT2D eigenvalue weighted by atomic mass is 19.4. The third-order valence-electron chi connectivity index (χ3n) is 6.16. The predicted molar refractivity (Wildman–Crippen MR) is 134 cm³/mol. The number of aryl methyl sites for hydroxylation is 1. The molecule has 39 heavy (non-hydrogen) atoms. The van der Waals surface area contributed by atoms with Crippen LogP contribution in [0.25, 0.3) is 11.2 Å². The summed E-state index contributed by atoms with van der Waals surface area (Å²) in [5, 5.41) is 6.89. The number of nitrogens with one attached hydrogen (secondary N) is 1. The molecule has 0 radical (unpaired) electrons. The fourth-order valence-electron chi connectivity index (χ4n) is 4.32. The molecular formula is C26H23F4N5O4. The minimum absolute atomic E-state index is 0.0467. The number of hydrogen-bond acceptors (Lipinski definition) is 6. The van der Waals surface area contributed by atoms with E-state index in [0.717, 1.165) is 41.5 Å². The topological polar surface area (TPSA) is 90.1 Å². The van der Waals surface area contributed by atoms with Crippen molar-refractivity contribution < 1.29 is 31.8 Å². The van der Waals surface area contributed by atoms with E-state index in [-0.39, 0.29) is 16.8 Å². The normalized spacial score (nSPS) is 14.0. The maximum Gasteiger partial charge on any atom is 0.422 e. The molecular weight excluding hydrogens is 522 g/mol. The second-order valence-electron chi connectivity index (χ2n) is 8.88. The molecule has 0 saturated carbocycles.